The number of hydrogen-bond acceptors (Lipinski definition) is 4. The Labute approximate surface area is 186 Å². The summed E-state index contributed by atoms with van der Waals surface area (Å²) in [6.07, 6.45) is 0. The van der Waals surface area contributed by atoms with E-state index in [-0.39, 0.29) is 12.1 Å². The van der Waals surface area contributed by atoms with Gasteiger partial charge in [-0.2, -0.15) is 0 Å². The Morgan fingerprint density at radius 2 is 1.53 bits per heavy atom. The van der Waals surface area contributed by atoms with Crippen LogP contribution < -0.4 is 14.8 Å². The molecule has 0 amide bonds. The van der Waals surface area contributed by atoms with Crippen LogP contribution in [0.4, 0.5) is 0 Å². The number of nitrogens with one attached hydrogen (secondary N) is 1. The number of nitrogens with zero attached hydrogens (tertiary/aromatic N) is 1. The number of ether oxygens (including phenoxy) is 2. The Morgan fingerprint density at radius 1 is 0.900 bits per heavy atom. The third kappa shape index (κ3) is 4.25. The molecule has 1 N–H and O–H groups in total. The molecule has 0 fully saturated rings. The van der Waals surface area contributed by atoms with Gasteiger partial charge in [-0.1, -0.05) is 47.5 Å². The normalized spacial score (nSPS) is 17.9. The van der Waals surface area contributed by atoms with Crippen LogP contribution in [0.3, 0.4) is 0 Å². The fraction of sp³-hybridized carbons (Fsp3) is 0.208. The van der Waals surface area contributed by atoms with E-state index in [0.717, 1.165) is 34.0 Å². The van der Waals surface area contributed by atoms with Crippen molar-refractivity contribution < 1.29 is 9.47 Å². The van der Waals surface area contributed by atoms with Crippen molar-refractivity contribution >= 4 is 29.0 Å². The molecule has 0 unspecified atom stereocenters. The van der Waals surface area contributed by atoms with Gasteiger partial charge in [0.25, 0.3) is 0 Å². The zero-order chi connectivity index (χ0) is 21.1. The molecule has 4 nitrogen and oxygen atoms in total. The minimum Gasteiger partial charge on any atom is -0.497 e. The number of amidine groups is 1. The van der Waals surface area contributed by atoms with E-state index in [9.17, 15) is 0 Å². The molecule has 0 aliphatic carbocycles. The number of aliphatic imine (C=N–C) groups is 1. The first-order chi connectivity index (χ1) is 14.6. The first-order valence-corrected chi connectivity index (χ1v) is 10.5. The molecule has 0 radical (unpaired) electrons. The van der Waals surface area contributed by atoms with E-state index in [2.05, 4.69) is 5.32 Å². The summed E-state index contributed by atoms with van der Waals surface area (Å²) < 4.78 is 11.2. The summed E-state index contributed by atoms with van der Waals surface area (Å²) in [4.78, 5) is 5.05. The highest BCUT2D eigenvalue weighted by molar-refractivity contribution is 6.30. The predicted octanol–water partition coefficient (Wildman–Crippen LogP) is 6.23. The standard InChI is InChI=1S/C24H22Cl2N2O2/c1-3-30-21-14-19(29-2)12-13-20(21)24-27-22(15-4-8-17(25)9-5-15)23(28-24)16-6-10-18(26)11-7-16/h4-14,22-23H,3H2,1-2H3,(H,27,28)/t22-,23+. The number of hydrogen-bond donors (Lipinski definition) is 1. The van der Waals surface area contributed by atoms with Crippen LogP contribution in [0.5, 0.6) is 11.5 Å². The summed E-state index contributed by atoms with van der Waals surface area (Å²) >= 11 is 12.2. The minimum absolute atomic E-state index is 0.0463. The van der Waals surface area contributed by atoms with Crippen molar-refractivity contribution in [2.24, 2.45) is 4.99 Å². The molecule has 4 rings (SSSR count). The molecule has 3 aromatic carbocycles. The van der Waals surface area contributed by atoms with Crippen molar-refractivity contribution in [3.63, 3.8) is 0 Å². The van der Waals surface area contributed by atoms with Gasteiger partial charge in [-0.25, -0.2) is 0 Å². The van der Waals surface area contributed by atoms with Crippen LogP contribution in [0.15, 0.2) is 71.7 Å². The summed E-state index contributed by atoms with van der Waals surface area (Å²) in [6, 6.07) is 21.3. The van der Waals surface area contributed by atoms with Gasteiger partial charge in [-0.15, -0.1) is 0 Å². The Balaban J connectivity index is 1.76. The average molecular weight is 441 g/mol. The number of halogens is 2. The maximum absolute atomic E-state index is 6.11. The van der Waals surface area contributed by atoms with E-state index in [4.69, 9.17) is 37.7 Å². The highest BCUT2D eigenvalue weighted by atomic mass is 35.5. The molecule has 1 heterocycles. The smallest absolute Gasteiger partial charge is 0.133 e. The minimum atomic E-state index is -0.116. The highest BCUT2D eigenvalue weighted by Gasteiger charge is 2.33. The molecule has 3 aromatic rings. The maximum atomic E-state index is 6.11. The van der Waals surface area contributed by atoms with Crippen molar-refractivity contribution in [2.45, 2.75) is 19.0 Å². The lowest BCUT2D eigenvalue weighted by Crippen LogP contribution is -2.25. The Morgan fingerprint density at radius 3 is 2.13 bits per heavy atom. The fourth-order valence-corrected chi connectivity index (χ4v) is 3.84. The van der Waals surface area contributed by atoms with Crippen LogP contribution in [-0.2, 0) is 0 Å². The van der Waals surface area contributed by atoms with Gasteiger partial charge >= 0.3 is 0 Å². The molecule has 6 heteroatoms. The van der Waals surface area contributed by atoms with E-state index >= 15 is 0 Å². The van der Waals surface area contributed by atoms with E-state index in [0.29, 0.717) is 16.7 Å². The van der Waals surface area contributed by atoms with Gasteiger partial charge in [0.15, 0.2) is 0 Å². The van der Waals surface area contributed by atoms with Gasteiger partial charge in [-0.3, -0.25) is 4.99 Å². The predicted molar refractivity (Wildman–Crippen MR) is 122 cm³/mol. The van der Waals surface area contributed by atoms with Gasteiger partial charge in [0.05, 0.1) is 25.3 Å². The highest BCUT2D eigenvalue weighted by Crippen LogP contribution is 2.39. The van der Waals surface area contributed by atoms with Gasteiger partial charge in [0.1, 0.15) is 23.4 Å². The molecule has 1 aliphatic rings. The van der Waals surface area contributed by atoms with E-state index < -0.39 is 0 Å². The zero-order valence-corrected chi connectivity index (χ0v) is 18.2. The van der Waals surface area contributed by atoms with Crippen LogP contribution in [0, 0.1) is 0 Å². The van der Waals surface area contributed by atoms with Gasteiger partial charge in [0, 0.05) is 16.1 Å². The second-order valence-electron chi connectivity index (χ2n) is 6.94. The molecule has 154 valence electrons. The molecule has 1 aliphatic heterocycles. The number of benzene rings is 3. The monoisotopic (exact) mass is 440 g/mol. The summed E-state index contributed by atoms with van der Waals surface area (Å²) in [5, 5.41) is 5.00. The molecular formula is C24H22Cl2N2O2. The lowest BCUT2D eigenvalue weighted by Gasteiger charge is -2.20. The zero-order valence-electron chi connectivity index (χ0n) is 16.7. The molecule has 0 spiro atoms. The van der Waals surface area contributed by atoms with Crippen molar-refractivity contribution in [3.8, 4) is 11.5 Å². The first-order valence-electron chi connectivity index (χ1n) is 9.75. The quantitative estimate of drug-likeness (QED) is 0.493. The number of methoxy groups -OCH3 is 1. The van der Waals surface area contributed by atoms with Crippen molar-refractivity contribution in [1.82, 2.24) is 5.32 Å². The molecular weight excluding hydrogens is 419 g/mol. The third-order valence-electron chi connectivity index (χ3n) is 5.06. The Bertz CT molecular complexity index is 1050. The van der Waals surface area contributed by atoms with Crippen LogP contribution in [-0.4, -0.2) is 19.6 Å². The Kier molecular flexibility index (Phi) is 6.16. The van der Waals surface area contributed by atoms with Crippen LogP contribution in [0.2, 0.25) is 10.0 Å². The van der Waals surface area contributed by atoms with Gasteiger partial charge < -0.3 is 14.8 Å². The van der Waals surface area contributed by atoms with Crippen molar-refractivity contribution in [1.29, 1.82) is 0 Å². The fourth-order valence-electron chi connectivity index (χ4n) is 3.59. The lowest BCUT2D eigenvalue weighted by atomic mass is 9.95. The first kappa shape index (κ1) is 20.6. The van der Waals surface area contributed by atoms with Gasteiger partial charge in [-0.05, 0) is 54.4 Å². The summed E-state index contributed by atoms with van der Waals surface area (Å²) in [5.41, 5.74) is 3.07. The molecule has 0 aromatic heterocycles. The molecule has 0 bridgehead atoms. The average Bonchev–Trinajstić information content (AvgIpc) is 3.20. The van der Waals surface area contributed by atoms with E-state index in [1.165, 1.54) is 0 Å². The van der Waals surface area contributed by atoms with Crippen LogP contribution in [0.1, 0.15) is 35.7 Å². The second kappa shape index (κ2) is 8.99. The SMILES string of the molecule is CCOc1cc(OC)ccc1C1=N[C@H](c2ccc(Cl)cc2)[C@H](c2ccc(Cl)cc2)N1. The lowest BCUT2D eigenvalue weighted by molar-refractivity contribution is 0.335. The van der Waals surface area contributed by atoms with Crippen molar-refractivity contribution in [2.75, 3.05) is 13.7 Å². The van der Waals surface area contributed by atoms with Crippen LogP contribution >= 0.6 is 23.2 Å². The molecule has 0 saturated carbocycles. The van der Waals surface area contributed by atoms with Gasteiger partial charge in [0.2, 0.25) is 0 Å². The summed E-state index contributed by atoms with van der Waals surface area (Å²) in [7, 11) is 1.64. The van der Waals surface area contributed by atoms with E-state index in [1.54, 1.807) is 7.11 Å². The van der Waals surface area contributed by atoms with E-state index in [1.807, 2.05) is 73.7 Å². The van der Waals surface area contributed by atoms with Crippen molar-refractivity contribution in [3.05, 3.63) is 93.5 Å². The van der Waals surface area contributed by atoms with Crippen LogP contribution in [0.25, 0.3) is 0 Å². The Hall–Kier alpha value is -2.69. The molecule has 2 atom stereocenters. The summed E-state index contributed by atoms with van der Waals surface area (Å²) in [6.45, 7) is 2.51. The number of rotatable bonds is 6. The maximum Gasteiger partial charge on any atom is 0.133 e. The third-order valence-corrected chi connectivity index (χ3v) is 5.56. The largest absolute Gasteiger partial charge is 0.497 e. The summed E-state index contributed by atoms with van der Waals surface area (Å²) in [5.74, 6) is 2.25. The molecule has 30 heavy (non-hydrogen) atoms. The second-order valence-corrected chi connectivity index (χ2v) is 7.82. The topological polar surface area (TPSA) is 42.9 Å². The molecule has 0 saturated heterocycles.